The fourth-order valence-corrected chi connectivity index (χ4v) is 1.86. The predicted molar refractivity (Wildman–Crippen MR) is 65.9 cm³/mol. The van der Waals surface area contributed by atoms with Crippen LogP contribution in [0.15, 0.2) is 18.2 Å². The molecule has 1 aromatic rings. The van der Waals surface area contributed by atoms with Crippen molar-refractivity contribution in [2.45, 2.75) is 19.1 Å². The van der Waals surface area contributed by atoms with E-state index in [1.54, 1.807) is 19.2 Å². The summed E-state index contributed by atoms with van der Waals surface area (Å²) in [4.78, 5) is 21.8. The van der Waals surface area contributed by atoms with Gasteiger partial charge in [-0.05, 0) is 18.7 Å². The average molecular weight is 266 g/mol. The molecule has 0 spiro atoms. The summed E-state index contributed by atoms with van der Waals surface area (Å²) in [5.74, 6) is -0.380. The third-order valence-corrected chi connectivity index (χ3v) is 2.76. The number of nitrogens with zero attached hydrogens (tertiary/aromatic N) is 1. The first-order valence-electron chi connectivity index (χ1n) is 5.87. The van der Waals surface area contributed by atoms with Gasteiger partial charge < -0.3 is 14.8 Å². The minimum absolute atomic E-state index is 0.0987. The third-order valence-electron chi connectivity index (χ3n) is 2.76. The van der Waals surface area contributed by atoms with Gasteiger partial charge in [-0.25, -0.2) is 4.79 Å². The second-order valence-corrected chi connectivity index (χ2v) is 4.15. The van der Waals surface area contributed by atoms with E-state index in [0.717, 1.165) is 5.56 Å². The Bertz CT molecular complexity index is 503. The first-order chi connectivity index (χ1) is 9.11. The maximum absolute atomic E-state index is 11.3. The summed E-state index contributed by atoms with van der Waals surface area (Å²) in [7, 11) is 1.77. The zero-order chi connectivity index (χ0) is 13.8. The van der Waals surface area contributed by atoms with Gasteiger partial charge in [-0.1, -0.05) is 6.07 Å². The molecule has 1 heterocycles. The van der Waals surface area contributed by atoms with Crippen LogP contribution in [0.4, 0.5) is 5.69 Å². The van der Waals surface area contributed by atoms with Crippen LogP contribution in [0.1, 0.15) is 12.0 Å². The highest BCUT2D eigenvalue weighted by atomic mass is 16.6. The van der Waals surface area contributed by atoms with Crippen LogP contribution in [0.3, 0.4) is 0 Å². The molecule has 102 valence electrons. The van der Waals surface area contributed by atoms with Gasteiger partial charge in [-0.15, -0.1) is 0 Å². The van der Waals surface area contributed by atoms with Crippen molar-refractivity contribution in [3.05, 3.63) is 33.9 Å². The molecule has 0 saturated carbocycles. The van der Waals surface area contributed by atoms with Crippen molar-refractivity contribution < 1.29 is 19.2 Å². The summed E-state index contributed by atoms with van der Waals surface area (Å²) >= 11 is 0. The molecule has 1 aliphatic heterocycles. The van der Waals surface area contributed by atoms with Gasteiger partial charge in [0.05, 0.1) is 11.5 Å². The minimum Gasteiger partial charge on any atom is -0.471 e. The number of cyclic esters (lactones) is 1. The molecule has 7 nitrogen and oxygen atoms in total. The number of carbonyl (C=O) groups excluding carboxylic acids is 1. The highest BCUT2D eigenvalue weighted by Gasteiger charge is 2.30. The molecule has 0 amide bonds. The fourth-order valence-electron chi connectivity index (χ4n) is 1.86. The maximum atomic E-state index is 11.3. The van der Waals surface area contributed by atoms with Crippen LogP contribution < -0.4 is 10.1 Å². The average Bonchev–Trinajstić information content (AvgIpc) is 2.75. The zero-order valence-electron chi connectivity index (χ0n) is 10.4. The molecule has 1 atom stereocenters. The van der Waals surface area contributed by atoms with Crippen LogP contribution in [-0.4, -0.2) is 30.7 Å². The van der Waals surface area contributed by atoms with Gasteiger partial charge in [0.15, 0.2) is 11.9 Å². The first kappa shape index (κ1) is 13.3. The summed E-state index contributed by atoms with van der Waals surface area (Å²) in [6.45, 7) is 0.844. The molecule has 1 unspecified atom stereocenters. The Morgan fingerprint density at radius 2 is 2.37 bits per heavy atom. The van der Waals surface area contributed by atoms with E-state index in [0.29, 0.717) is 13.0 Å². The number of esters is 1. The van der Waals surface area contributed by atoms with Crippen molar-refractivity contribution in [2.24, 2.45) is 0 Å². The lowest BCUT2D eigenvalue weighted by Gasteiger charge is -2.11. The van der Waals surface area contributed by atoms with Gasteiger partial charge in [-0.2, -0.15) is 0 Å². The molecule has 7 heteroatoms. The molecule has 1 saturated heterocycles. The Hall–Kier alpha value is -2.15. The van der Waals surface area contributed by atoms with E-state index >= 15 is 0 Å². The van der Waals surface area contributed by atoms with Gasteiger partial charge in [0.25, 0.3) is 0 Å². The fraction of sp³-hybridized carbons (Fsp3) is 0.417. The van der Waals surface area contributed by atoms with Crippen molar-refractivity contribution in [1.29, 1.82) is 0 Å². The molecule has 19 heavy (non-hydrogen) atoms. The topological polar surface area (TPSA) is 90.7 Å². The Labute approximate surface area is 109 Å². The van der Waals surface area contributed by atoms with Crippen molar-refractivity contribution >= 4 is 11.7 Å². The number of rotatable bonds is 5. The van der Waals surface area contributed by atoms with E-state index in [9.17, 15) is 14.9 Å². The number of nitrogens with one attached hydrogen (secondary N) is 1. The smallest absolute Gasteiger partial charge is 0.347 e. The van der Waals surface area contributed by atoms with Gasteiger partial charge in [-0.3, -0.25) is 10.1 Å². The SMILES string of the molecule is CNCc1ccc([N+](=O)[O-])c(OC2CCOC2=O)c1. The van der Waals surface area contributed by atoms with E-state index in [1.165, 1.54) is 6.07 Å². The zero-order valence-corrected chi connectivity index (χ0v) is 10.4. The quantitative estimate of drug-likeness (QED) is 0.486. The maximum Gasteiger partial charge on any atom is 0.347 e. The third kappa shape index (κ3) is 3.00. The number of hydrogen-bond donors (Lipinski definition) is 1. The molecular formula is C12H14N2O5. The predicted octanol–water partition coefficient (Wildman–Crippen LogP) is 1.01. The second-order valence-electron chi connectivity index (χ2n) is 4.15. The molecule has 0 aliphatic carbocycles. The molecule has 1 N–H and O–H groups in total. The van der Waals surface area contributed by atoms with Crippen molar-refractivity contribution in [3.63, 3.8) is 0 Å². The van der Waals surface area contributed by atoms with Crippen LogP contribution >= 0.6 is 0 Å². The van der Waals surface area contributed by atoms with E-state index in [4.69, 9.17) is 9.47 Å². The Kier molecular flexibility index (Phi) is 3.96. The Morgan fingerprint density at radius 3 is 2.95 bits per heavy atom. The highest BCUT2D eigenvalue weighted by molar-refractivity contribution is 5.77. The molecule has 1 aliphatic rings. The molecule has 1 aromatic carbocycles. The number of hydrogen-bond acceptors (Lipinski definition) is 6. The highest BCUT2D eigenvalue weighted by Crippen LogP contribution is 2.30. The first-order valence-corrected chi connectivity index (χ1v) is 5.87. The van der Waals surface area contributed by atoms with Crippen molar-refractivity contribution in [2.75, 3.05) is 13.7 Å². The Morgan fingerprint density at radius 1 is 1.58 bits per heavy atom. The number of ether oxygens (including phenoxy) is 2. The van der Waals surface area contributed by atoms with E-state index in [-0.39, 0.29) is 18.0 Å². The summed E-state index contributed by atoms with van der Waals surface area (Å²) < 4.78 is 10.2. The lowest BCUT2D eigenvalue weighted by molar-refractivity contribution is -0.386. The summed E-state index contributed by atoms with van der Waals surface area (Å²) in [6.07, 6.45) is -0.352. The summed E-state index contributed by atoms with van der Waals surface area (Å²) in [5, 5.41) is 13.9. The van der Waals surface area contributed by atoms with Gasteiger partial charge in [0, 0.05) is 19.0 Å². The van der Waals surface area contributed by atoms with E-state index < -0.39 is 17.0 Å². The lowest BCUT2D eigenvalue weighted by atomic mass is 10.2. The van der Waals surface area contributed by atoms with Crippen LogP contribution in [0, 0.1) is 10.1 Å². The van der Waals surface area contributed by atoms with E-state index in [1.807, 2.05) is 0 Å². The number of carbonyl (C=O) groups is 1. The largest absolute Gasteiger partial charge is 0.471 e. The minimum atomic E-state index is -0.761. The van der Waals surface area contributed by atoms with Gasteiger partial charge in [0.2, 0.25) is 0 Å². The standard InChI is InChI=1S/C12H14N2O5/c1-13-7-8-2-3-9(14(16)17)11(6-8)19-10-4-5-18-12(10)15/h2-3,6,10,13H,4-5,7H2,1H3. The van der Waals surface area contributed by atoms with Crippen LogP contribution in [0.5, 0.6) is 5.75 Å². The number of nitro groups is 1. The van der Waals surface area contributed by atoms with Crippen LogP contribution in [0.25, 0.3) is 0 Å². The van der Waals surface area contributed by atoms with Crippen molar-refractivity contribution in [1.82, 2.24) is 5.32 Å². The van der Waals surface area contributed by atoms with Gasteiger partial charge in [0.1, 0.15) is 0 Å². The summed E-state index contributed by atoms with van der Waals surface area (Å²) in [5.41, 5.74) is 0.689. The van der Waals surface area contributed by atoms with E-state index in [2.05, 4.69) is 5.32 Å². The van der Waals surface area contributed by atoms with Crippen LogP contribution in [0.2, 0.25) is 0 Å². The monoisotopic (exact) mass is 266 g/mol. The summed E-state index contributed by atoms with van der Waals surface area (Å²) in [6, 6.07) is 4.59. The molecule has 0 aromatic heterocycles. The second kappa shape index (κ2) is 5.66. The number of benzene rings is 1. The van der Waals surface area contributed by atoms with Crippen LogP contribution in [-0.2, 0) is 16.1 Å². The molecule has 2 rings (SSSR count). The van der Waals surface area contributed by atoms with Crippen molar-refractivity contribution in [3.8, 4) is 5.75 Å². The molecule has 0 radical (unpaired) electrons. The normalized spacial score (nSPS) is 18.2. The number of nitro benzene ring substituents is 1. The molecular weight excluding hydrogens is 252 g/mol. The molecule has 0 bridgehead atoms. The Balaban J connectivity index is 2.26. The lowest BCUT2D eigenvalue weighted by Crippen LogP contribution is -2.22. The molecule has 1 fully saturated rings. The van der Waals surface area contributed by atoms with Gasteiger partial charge >= 0.3 is 11.7 Å².